The molecule has 1 aliphatic heterocycles. The fourth-order valence-corrected chi connectivity index (χ4v) is 1.62. The SMILES string of the molecule is CCOCCC(=O)N1CCNC(C)C1.Cl. The van der Waals surface area contributed by atoms with Gasteiger partial charge in [0.25, 0.3) is 0 Å². The lowest BCUT2D eigenvalue weighted by Crippen LogP contribution is -2.51. The van der Waals surface area contributed by atoms with Crippen LogP contribution in [0.3, 0.4) is 0 Å². The minimum absolute atomic E-state index is 0. The molecule has 1 aliphatic rings. The van der Waals surface area contributed by atoms with Gasteiger partial charge in [0.15, 0.2) is 0 Å². The normalized spacial score (nSPS) is 20.9. The molecule has 1 N–H and O–H groups in total. The van der Waals surface area contributed by atoms with E-state index in [1.165, 1.54) is 0 Å². The number of nitrogens with one attached hydrogen (secondary N) is 1. The van der Waals surface area contributed by atoms with E-state index < -0.39 is 0 Å². The van der Waals surface area contributed by atoms with Gasteiger partial charge in [-0.15, -0.1) is 12.4 Å². The van der Waals surface area contributed by atoms with Crippen LogP contribution >= 0.6 is 12.4 Å². The first-order valence-electron chi connectivity index (χ1n) is 5.33. The molecule has 5 heteroatoms. The second-order valence-corrected chi connectivity index (χ2v) is 3.64. The van der Waals surface area contributed by atoms with Gasteiger partial charge in [-0.3, -0.25) is 4.79 Å². The van der Waals surface area contributed by atoms with E-state index in [1.54, 1.807) is 0 Å². The minimum atomic E-state index is 0. The van der Waals surface area contributed by atoms with Crippen molar-refractivity contribution in [3.63, 3.8) is 0 Å². The van der Waals surface area contributed by atoms with Crippen LogP contribution in [0.5, 0.6) is 0 Å². The summed E-state index contributed by atoms with van der Waals surface area (Å²) in [6.45, 7) is 7.83. The Morgan fingerprint density at radius 2 is 2.33 bits per heavy atom. The van der Waals surface area contributed by atoms with Crippen LogP contribution in [0.4, 0.5) is 0 Å². The molecule has 0 aromatic heterocycles. The predicted molar refractivity (Wildman–Crippen MR) is 62.4 cm³/mol. The Bertz CT molecular complexity index is 190. The number of nitrogens with zero attached hydrogens (tertiary/aromatic N) is 1. The number of halogens is 1. The van der Waals surface area contributed by atoms with Crippen molar-refractivity contribution in [2.45, 2.75) is 26.3 Å². The van der Waals surface area contributed by atoms with Gasteiger partial charge in [0.1, 0.15) is 0 Å². The van der Waals surface area contributed by atoms with Crippen molar-refractivity contribution < 1.29 is 9.53 Å². The van der Waals surface area contributed by atoms with E-state index in [1.807, 2.05) is 11.8 Å². The molecule has 0 spiro atoms. The number of carbonyl (C=O) groups is 1. The molecule has 0 bridgehead atoms. The lowest BCUT2D eigenvalue weighted by atomic mass is 10.2. The Balaban J connectivity index is 0.00000196. The van der Waals surface area contributed by atoms with E-state index in [0.717, 1.165) is 19.6 Å². The number of ether oxygens (including phenoxy) is 1. The molecule has 1 atom stereocenters. The molecule has 1 heterocycles. The van der Waals surface area contributed by atoms with Gasteiger partial charge < -0.3 is 15.0 Å². The van der Waals surface area contributed by atoms with E-state index in [0.29, 0.717) is 25.7 Å². The van der Waals surface area contributed by atoms with Crippen LogP contribution in [0.25, 0.3) is 0 Å². The summed E-state index contributed by atoms with van der Waals surface area (Å²) >= 11 is 0. The van der Waals surface area contributed by atoms with Crippen molar-refractivity contribution in [3.8, 4) is 0 Å². The molecule has 1 saturated heterocycles. The van der Waals surface area contributed by atoms with E-state index >= 15 is 0 Å². The fourth-order valence-electron chi connectivity index (χ4n) is 1.62. The van der Waals surface area contributed by atoms with Crippen LogP contribution in [0.1, 0.15) is 20.3 Å². The van der Waals surface area contributed by atoms with E-state index in [9.17, 15) is 4.79 Å². The van der Waals surface area contributed by atoms with Crippen LogP contribution in [-0.4, -0.2) is 49.7 Å². The third-order valence-electron chi connectivity index (χ3n) is 2.39. The Morgan fingerprint density at radius 1 is 1.60 bits per heavy atom. The highest BCUT2D eigenvalue weighted by Gasteiger charge is 2.19. The third-order valence-corrected chi connectivity index (χ3v) is 2.39. The maximum Gasteiger partial charge on any atom is 0.224 e. The van der Waals surface area contributed by atoms with E-state index in [4.69, 9.17) is 4.74 Å². The molecule has 0 aromatic rings. The van der Waals surface area contributed by atoms with E-state index in [-0.39, 0.29) is 18.3 Å². The number of amides is 1. The summed E-state index contributed by atoms with van der Waals surface area (Å²) in [6.07, 6.45) is 0.514. The number of hydrogen-bond acceptors (Lipinski definition) is 3. The van der Waals surface area contributed by atoms with Crippen LogP contribution in [0.2, 0.25) is 0 Å². The first-order chi connectivity index (χ1) is 6.74. The quantitative estimate of drug-likeness (QED) is 0.729. The van der Waals surface area contributed by atoms with E-state index in [2.05, 4.69) is 12.2 Å². The smallest absolute Gasteiger partial charge is 0.224 e. The Kier molecular flexibility index (Phi) is 7.74. The van der Waals surface area contributed by atoms with Crippen LogP contribution in [0, 0.1) is 0 Å². The largest absolute Gasteiger partial charge is 0.381 e. The molecule has 1 fully saturated rings. The molecule has 0 aromatic carbocycles. The second-order valence-electron chi connectivity index (χ2n) is 3.64. The van der Waals surface area contributed by atoms with Gasteiger partial charge in [-0.25, -0.2) is 0 Å². The highest BCUT2D eigenvalue weighted by molar-refractivity contribution is 5.85. The zero-order valence-corrected chi connectivity index (χ0v) is 10.3. The molecular weight excluding hydrogens is 216 g/mol. The number of hydrogen-bond donors (Lipinski definition) is 1. The molecule has 4 nitrogen and oxygen atoms in total. The summed E-state index contributed by atoms with van der Waals surface area (Å²) in [5, 5.41) is 3.31. The van der Waals surface area contributed by atoms with Gasteiger partial charge in [-0.1, -0.05) is 0 Å². The van der Waals surface area contributed by atoms with Crippen molar-refractivity contribution in [2.24, 2.45) is 0 Å². The first kappa shape index (κ1) is 14.7. The average Bonchev–Trinajstić information content (AvgIpc) is 2.18. The first-order valence-corrected chi connectivity index (χ1v) is 5.33. The Hall–Kier alpha value is -0.320. The zero-order chi connectivity index (χ0) is 10.4. The fraction of sp³-hybridized carbons (Fsp3) is 0.900. The second kappa shape index (κ2) is 7.91. The van der Waals surface area contributed by atoms with Gasteiger partial charge in [0.2, 0.25) is 5.91 Å². The Morgan fingerprint density at radius 3 is 2.93 bits per heavy atom. The molecular formula is C10H21ClN2O2. The minimum Gasteiger partial charge on any atom is -0.381 e. The third kappa shape index (κ3) is 5.35. The molecule has 15 heavy (non-hydrogen) atoms. The van der Waals surface area contributed by atoms with Gasteiger partial charge in [0.05, 0.1) is 13.0 Å². The lowest BCUT2D eigenvalue weighted by Gasteiger charge is -2.31. The van der Waals surface area contributed by atoms with Gasteiger partial charge in [-0.2, -0.15) is 0 Å². The zero-order valence-electron chi connectivity index (χ0n) is 9.49. The molecule has 0 radical (unpaired) electrons. The summed E-state index contributed by atoms with van der Waals surface area (Å²) in [7, 11) is 0. The van der Waals surface area contributed by atoms with Gasteiger partial charge >= 0.3 is 0 Å². The van der Waals surface area contributed by atoms with Crippen molar-refractivity contribution in [1.29, 1.82) is 0 Å². The molecule has 0 aliphatic carbocycles. The summed E-state index contributed by atoms with van der Waals surface area (Å²) in [5.74, 6) is 0.215. The average molecular weight is 237 g/mol. The monoisotopic (exact) mass is 236 g/mol. The van der Waals surface area contributed by atoms with Crippen molar-refractivity contribution in [3.05, 3.63) is 0 Å². The Labute approximate surface area is 97.8 Å². The standard InChI is InChI=1S/C10H20N2O2.ClH/c1-3-14-7-4-10(13)12-6-5-11-9(2)8-12;/h9,11H,3-8H2,1-2H3;1H. The maximum absolute atomic E-state index is 11.6. The highest BCUT2D eigenvalue weighted by Crippen LogP contribution is 2.01. The van der Waals surface area contributed by atoms with Crippen molar-refractivity contribution >= 4 is 18.3 Å². The highest BCUT2D eigenvalue weighted by atomic mass is 35.5. The summed E-state index contributed by atoms with van der Waals surface area (Å²) in [6, 6.07) is 0.416. The summed E-state index contributed by atoms with van der Waals surface area (Å²) < 4.78 is 5.16. The molecule has 0 saturated carbocycles. The molecule has 90 valence electrons. The summed E-state index contributed by atoms with van der Waals surface area (Å²) in [5.41, 5.74) is 0. The maximum atomic E-state index is 11.6. The number of rotatable bonds is 4. The van der Waals surface area contributed by atoms with Crippen LogP contribution in [0.15, 0.2) is 0 Å². The lowest BCUT2D eigenvalue weighted by molar-refractivity contribution is -0.133. The number of piperazine rings is 1. The summed E-state index contributed by atoms with van der Waals surface area (Å²) in [4.78, 5) is 13.6. The number of carbonyl (C=O) groups excluding carboxylic acids is 1. The van der Waals surface area contributed by atoms with Crippen LogP contribution in [-0.2, 0) is 9.53 Å². The van der Waals surface area contributed by atoms with Crippen molar-refractivity contribution in [2.75, 3.05) is 32.8 Å². The van der Waals surface area contributed by atoms with Gasteiger partial charge in [0, 0.05) is 32.3 Å². The molecule has 1 rings (SSSR count). The predicted octanol–water partition coefficient (Wildman–Crippen LogP) is 0.655. The van der Waals surface area contributed by atoms with Crippen LogP contribution < -0.4 is 5.32 Å². The topological polar surface area (TPSA) is 41.6 Å². The molecule has 1 amide bonds. The molecule has 1 unspecified atom stereocenters. The van der Waals surface area contributed by atoms with Gasteiger partial charge in [-0.05, 0) is 13.8 Å². The van der Waals surface area contributed by atoms with Crippen molar-refractivity contribution in [1.82, 2.24) is 10.2 Å².